The summed E-state index contributed by atoms with van der Waals surface area (Å²) in [6.07, 6.45) is 1.30. The summed E-state index contributed by atoms with van der Waals surface area (Å²) in [5, 5.41) is 0.270. The molecule has 8 heteroatoms. The average molecular weight is 390 g/mol. The zero-order valence-corrected chi connectivity index (χ0v) is 16.0. The molecule has 0 aliphatic rings. The molecule has 0 saturated carbocycles. The second-order valence-electron chi connectivity index (χ2n) is 5.44. The van der Waals surface area contributed by atoms with Crippen LogP contribution in [0.4, 0.5) is 0 Å². The highest BCUT2D eigenvalue weighted by Gasteiger charge is 2.25. The van der Waals surface area contributed by atoms with Crippen LogP contribution in [-0.4, -0.2) is 49.8 Å². The lowest BCUT2D eigenvalue weighted by molar-refractivity contribution is 0.329. The number of likely N-dealkylation sites (N-methyl/N-ethyl adjacent to an activating group) is 1. The highest BCUT2D eigenvalue weighted by molar-refractivity contribution is 7.89. The lowest BCUT2D eigenvalue weighted by Crippen LogP contribution is -2.36. The van der Waals surface area contributed by atoms with E-state index in [4.69, 9.17) is 11.6 Å². The van der Waals surface area contributed by atoms with E-state index >= 15 is 0 Å². The maximum Gasteiger partial charge on any atom is 0.244 e. The molecule has 0 bridgehead atoms. The van der Waals surface area contributed by atoms with Crippen LogP contribution in [0.2, 0.25) is 5.15 Å². The van der Waals surface area contributed by atoms with Gasteiger partial charge in [0.1, 0.15) is 10.0 Å². The third kappa shape index (κ3) is 5.72. The number of hydrogen-bond acceptors (Lipinski definition) is 4. The molecule has 0 radical (unpaired) electrons. The second kappa shape index (κ2) is 9.34. The Bertz CT molecular complexity index is 723. The number of aromatic nitrogens is 1. The van der Waals surface area contributed by atoms with Crippen molar-refractivity contribution in [2.75, 3.05) is 27.2 Å². The first kappa shape index (κ1) is 20.9. The Morgan fingerprint density at radius 2 is 1.71 bits per heavy atom. The first-order valence-corrected chi connectivity index (χ1v) is 9.02. The van der Waals surface area contributed by atoms with Gasteiger partial charge in [0.2, 0.25) is 10.0 Å². The Hall–Kier alpha value is -1.18. The van der Waals surface area contributed by atoms with E-state index in [1.165, 1.54) is 22.6 Å². The van der Waals surface area contributed by atoms with E-state index in [0.717, 1.165) is 5.56 Å². The van der Waals surface area contributed by atoms with Gasteiger partial charge in [-0.25, -0.2) is 13.4 Å². The number of nitrogens with zero attached hydrogens (tertiary/aromatic N) is 3. The zero-order chi connectivity index (χ0) is 16.9. The summed E-state index contributed by atoms with van der Waals surface area (Å²) in [7, 11) is 0.202. The maximum atomic E-state index is 12.9. The van der Waals surface area contributed by atoms with Crippen LogP contribution in [0, 0.1) is 0 Å². The molecule has 0 atom stereocenters. The van der Waals surface area contributed by atoms with E-state index in [-0.39, 0.29) is 22.5 Å². The van der Waals surface area contributed by atoms with Gasteiger partial charge in [0.05, 0.1) is 0 Å². The highest BCUT2D eigenvalue weighted by atomic mass is 35.5. The van der Waals surface area contributed by atoms with Crippen molar-refractivity contribution < 1.29 is 8.42 Å². The van der Waals surface area contributed by atoms with Crippen LogP contribution in [0.15, 0.2) is 53.6 Å². The van der Waals surface area contributed by atoms with Gasteiger partial charge in [-0.2, -0.15) is 4.31 Å². The van der Waals surface area contributed by atoms with Gasteiger partial charge < -0.3 is 4.90 Å². The van der Waals surface area contributed by atoms with Gasteiger partial charge in [-0.1, -0.05) is 41.9 Å². The third-order valence-corrected chi connectivity index (χ3v) is 5.39. The van der Waals surface area contributed by atoms with E-state index < -0.39 is 10.0 Å². The molecule has 0 aliphatic carbocycles. The largest absolute Gasteiger partial charge is 0.308 e. The molecule has 1 heterocycles. The molecule has 0 spiro atoms. The van der Waals surface area contributed by atoms with Crippen molar-refractivity contribution >= 4 is 34.0 Å². The average Bonchev–Trinajstić information content (AvgIpc) is 2.52. The minimum atomic E-state index is -3.63. The summed E-state index contributed by atoms with van der Waals surface area (Å²) in [6, 6.07) is 12.5. The molecule has 24 heavy (non-hydrogen) atoms. The molecule has 1 aromatic carbocycles. The van der Waals surface area contributed by atoms with Gasteiger partial charge >= 0.3 is 0 Å². The zero-order valence-electron chi connectivity index (χ0n) is 13.6. The molecular formula is C16H21Cl2N3O2S. The molecule has 2 aromatic rings. The first-order chi connectivity index (χ1) is 10.9. The fourth-order valence-electron chi connectivity index (χ4n) is 2.05. The summed E-state index contributed by atoms with van der Waals surface area (Å²) < 4.78 is 27.2. The lowest BCUT2D eigenvalue weighted by Gasteiger charge is -2.24. The van der Waals surface area contributed by atoms with Crippen molar-refractivity contribution in [3.05, 3.63) is 59.4 Å². The van der Waals surface area contributed by atoms with E-state index in [0.29, 0.717) is 19.6 Å². The van der Waals surface area contributed by atoms with Crippen molar-refractivity contribution in [1.82, 2.24) is 14.2 Å². The molecular weight excluding hydrogens is 369 g/mol. The van der Waals surface area contributed by atoms with Crippen molar-refractivity contribution in [2.45, 2.75) is 11.4 Å². The molecule has 0 aliphatic heterocycles. The van der Waals surface area contributed by atoms with E-state index in [1.807, 2.05) is 49.3 Å². The number of rotatable bonds is 7. The second-order valence-corrected chi connectivity index (χ2v) is 7.77. The number of hydrogen-bond donors (Lipinski definition) is 0. The van der Waals surface area contributed by atoms with Crippen LogP contribution in [0.3, 0.4) is 0 Å². The number of halogens is 2. The molecule has 0 N–H and O–H groups in total. The SMILES string of the molecule is CN(C)CCN(Cc1ccccc1)S(=O)(=O)c1ccc(Cl)nc1.Cl. The summed E-state index contributed by atoms with van der Waals surface area (Å²) >= 11 is 5.75. The molecule has 0 fully saturated rings. The maximum absolute atomic E-state index is 12.9. The van der Waals surface area contributed by atoms with Crippen LogP contribution in [0.25, 0.3) is 0 Å². The first-order valence-electron chi connectivity index (χ1n) is 7.20. The monoisotopic (exact) mass is 389 g/mol. The van der Waals surface area contributed by atoms with E-state index in [1.54, 1.807) is 0 Å². The smallest absolute Gasteiger partial charge is 0.244 e. The molecule has 1 aromatic heterocycles. The lowest BCUT2D eigenvalue weighted by atomic mass is 10.2. The Morgan fingerprint density at radius 1 is 1.04 bits per heavy atom. The van der Waals surface area contributed by atoms with Gasteiger partial charge in [-0.05, 0) is 31.8 Å². The Morgan fingerprint density at radius 3 is 2.25 bits per heavy atom. The quantitative estimate of drug-likeness (QED) is 0.683. The van der Waals surface area contributed by atoms with Gasteiger partial charge in [0.25, 0.3) is 0 Å². The Kier molecular flexibility index (Phi) is 8.12. The molecule has 5 nitrogen and oxygen atoms in total. The molecule has 0 amide bonds. The van der Waals surface area contributed by atoms with Crippen LogP contribution >= 0.6 is 24.0 Å². The van der Waals surface area contributed by atoms with Crippen molar-refractivity contribution in [3.63, 3.8) is 0 Å². The van der Waals surface area contributed by atoms with Crippen molar-refractivity contribution in [1.29, 1.82) is 0 Å². The fourth-order valence-corrected chi connectivity index (χ4v) is 3.52. The Labute approximate surface area is 154 Å². The fraction of sp³-hybridized carbons (Fsp3) is 0.312. The van der Waals surface area contributed by atoms with Crippen LogP contribution in [-0.2, 0) is 16.6 Å². The summed E-state index contributed by atoms with van der Waals surface area (Å²) in [4.78, 5) is 5.98. The predicted molar refractivity (Wildman–Crippen MR) is 99.1 cm³/mol. The van der Waals surface area contributed by atoms with Crippen molar-refractivity contribution in [3.8, 4) is 0 Å². The normalized spacial score (nSPS) is 11.5. The topological polar surface area (TPSA) is 53.5 Å². The number of pyridine rings is 1. The standard InChI is InChI=1S/C16H20ClN3O2S.ClH/c1-19(2)10-11-20(13-14-6-4-3-5-7-14)23(21,22)15-8-9-16(17)18-12-15;/h3-9,12H,10-11,13H2,1-2H3;1H. The number of sulfonamides is 1. The van der Waals surface area contributed by atoms with Crippen LogP contribution < -0.4 is 0 Å². The van der Waals surface area contributed by atoms with Gasteiger partial charge in [-0.15, -0.1) is 12.4 Å². The van der Waals surface area contributed by atoms with E-state index in [2.05, 4.69) is 4.98 Å². The number of benzene rings is 1. The van der Waals surface area contributed by atoms with Crippen LogP contribution in [0.5, 0.6) is 0 Å². The molecule has 0 saturated heterocycles. The summed E-state index contributed by atoms with van der Waals surface area (Å²) in [5.74, 6) is 0. The highest BCUT2D eigenvalue weighted by Crippen LogP contribution is 2.19. The summed E-state index contributed by atoms with van der Waals surface area (Å²) in [6.45, 7) is 1.35. The van der Waals surface area contributed by atoms with Gasteiger partial charge in [0.15, 0.2) is 0 Å². The third-order valence-electron chi connectivity index (χ3n) is 3.34. The Balaban J connectivity index is 0.00000288. The molecule has 132 valence electrons. The minimum absolute atomic E-state index is 0. The minimum Gasteiger partial charge on any atom is -0.308 e. The predicted octanol–water partition coefficient (Wildman–Crippen LogP) is 2.91. The van der Waals surface area contributed by atoms with Gasteiger partial charge in [0, 0.05) is 25.8 Å². The van der Waals surface area contributed by atoms with Crippen molar-refractivity contribution in [2.24, 2.45) is 0 Å². The molecule has 2 rings (SSSR count). The van der Waals surface area contributed by atoms with Gasteiger partial charge in [-0.3, -0.25) is 0 Å². The van der Waals surface area contributed by atoms with Crippen LogP contribution in [0.1, 0.15) is 5.56 Å². The summed E-state index contributed by atoms with van der Waals surface area (Å²) in [5.41, 5.74) is 0.941. The molecule has 0 unspecified atom stereocenters. The van der Waals surface area contributed by atoms with E-state index in [9.17, 15) is 8.42 Å².